The van der Waals surface area contributed by atoms with Crippen LogP contribution in [0.4, 0.5) is 0 Å². The summed E-state index contributed by atoms with van der Waals surface area (Å²) in [4.78, 5) is 21.1. The van der Waals surface area contributed by atoms with Gasteiger partial charge in [-0.15, -0.1) is 0 Å². The number of piperidine rings is 1. The topological polar surface area (TPSA) is 63.4 Å². The van der Waals surface area contributed by atoms with Crippen molar-refractivity contribution in [3.8, 4) is 0 Å². The number of amides is 1. The van der Waals surface area contributed by atoms with Gasteiger partial charge >= 0.3 is 5.91 Å². The van der Waals surface area contributed by atoms with Gasteiger partial charge in [0.2, 0.25) is 5.78 Å². The number of hydrazine groups is 1. The fraction of sp³-hybridized carbons (Fsp3) is 0.600. The number of nitrogens with two attached hydrogens (primary N) is 1. The first-order valence-electron chi connectivity index (χ1n) is 2.81. The SMILES string of the molecule is NN1CCCC(=O)C1=O. The van der Waals surface area contributed by atoms with E-state index in [0.29, 0.717) is 19.4 Å². The molecular formula is C5H8N2O2. The number of carbonyl (C=O) groups excluding carboxylic acids is 2. The maximum atomic E-state index is 10.6. The first-order chi connectivity index (χ1) is 4.22. The standard InChI is InChI=1S/C5H8N2O2/c6-7-3-1-2-4(8)5(7)9/h1-3,6H2. The van der Waals surface area contributed by atoms with E-state index in [0.717, 1.165) is 5.01 Å². The number of hydrogen-bond donors (Lipinski definition) is 1. The van der Waals surface area contributed by atoms with Gasteiger partial charge in [0.25, 0.3) is 0 Å². The van der Waals surface area contributed by atoms with Crippen molar-refractivity contribution >= 4 is 11.7 Å². The maximum Gasteiger partial charge on any atom is 0.303 e. The molecule has 50 valence electrons. The Bertz CT molecular complexity index is 155. The molecule has 0 bridgehead atoms. The zero-order chi connectivity index (χ0) is 6.85. The van der Waals surface area contributed by atoms with Crippen molar-refractivity contribution in [1.82, 2.24) is 5.01 Å². The molecule has 9 heavy (non-hydrogen) atoms. The predicted molar refractivity (Wildman–Crippen MR) is 30.1 cm³/mol. The van der Waals surface area contributed by atoms with Crippen molar-refractivity contribution in [2.24, 2.45) is 5.84 Å². The van der Waals surface area contributed by atoms with E-state index in [9.17, 15) is 9.59 Å². The Morgan fingerprint density at radius 3 is 2.56 bits per heavy atom. The fourth-order valence-electron chi connectivity index (χ4n) is 0.779. The van der Waals surface area contributed by atoms with Crippen molar-refractivity contribution in [2.75, 3.05) is 6.54 Å². The summed E-state index contributed by atoms with van der Waals surface area (Å²) in [6.45, 7) is 0.505. The minimum atomic E-state index is -0.554. The number of Topliss-reactive ketones (excluding diaryl/α,β-unsaturated/α-hetero) is 1. The lowest BCUT2D eigenvalue weighted by molar-refractivity contribution is -0.147. The highest BCUT2D eigenvalue weighted by Gasteiger charge is 2.23. The number of hydrogen-bond acceptors (Lipinski definition) is 3. The third-order valence-electron chi connectivity index (χ3n) is 1.30. The summed E-state index contributed by atoms with van der Waals surface area (Å²) in [6, 6.07) is 0. The first-order valence-corrected chi connectivity index (χ1v) is 2.81. The Morgan fingerprint density at radius 2 is 2.11 bits per heavy atom. The van der Waals surface area contributed by atoms with E-state index in [-0.39, 0.29) is 5.78 Å². The lowest BCUT2D eigenvalue weighted by Gasteiger charge is -2.19. The first kappa shape index (κ1) is 6.22. The molecule has 1 aliphatic rings. The molecule has 0 radical (unpaired) electrons. The second-order valence-electron chi connectivity index (χ2n) is 2.03. The molecular weight excluding hydrogens is 120 g/mol. The van der Waals surface area contributed by atoms with E-state index in [1.807, 2.05) is 0 Å². The fourth-order valence-corrected chi connectivity index (χ4v) is 0.779. The van der Waals surface area contributed by atoms with E-state index in [1.54, 1.807) is 0 Å². The quantitative estimate of drug-likeness (QED) is 0.260. The Labute approximate surface area is 52.6 Å². The molecule has 1 aliphatic heterocycles. The largest absolute Gasteiger partial charge is 0.303 e. The van der Waals surface area contributed by atoms with Crippen LogP contribution >= 0.6 is 0 Å². The lowest BCUT2D eigenvalue weighted by atomic mass is 10.1. The van der Waals surface area contributed by atoms with Gasteiger partial charge in [0.05, 0.1) is 0 Å². The van der Waals surface area contributed by atoms with E-state index in [2.05, 4.69) is 0 Å². The molecule has 0 spiro atoms. The molecule has 1 saturated heterocycles. The zero-order valence-corrected chi connectivity index (χ0v) is 4.96. The number of nitrogens with zero attached hydrogens (tertiary/aromatic N) is 1. The average molecular weight is 128 g/mol. The van der Waals surface area contributed by atoms with Gasteiger partial charge in [0, 0.05) is 13.0 Å². The smallest absolute Gasteiger partial charge is 0.289 e. The van der Waals surface area contributed by atoms with Crippen LogP contribution in [-0.4, -0.2) is 23.2 Å². The van der Waals surface area contributed by atoms with Crippen LogP contribution in [0.2, 0.25) is 0 Å². The van der Waals surface area contributed by atoms with Crippen molar-refractivity contribution in [2.45, 2.75) is 12.8 Å². The highest BCUT2D eigenvalue weighted by atomic mass is 16.2. The Morgan fingerprint density at radius 1 is 1.44 bits per heavy atom. The van der Waals surface area contributed by atoms with Crippen molar-refractivity contribution in [3.63, 3.8) is 0 Å². The summed E-state index contributed by atoms with van der Waals surface area (Å²) >= 11 is 0. The van der Waals surface area contributed by atoms with Crippen LogP contribution in [-0.2, 0) is 9.59 Å². The minimum Gasteiger partial charge on any atom is -0.289 e. The summed E-state index contributed by atoms with van der Waals surface area (Å²) in [5, 5.41) is 0.964. The van der Waals surface area contributed by atoms with Gasteiger partial charge in [-0.2, -0.15) is 0 Å². The summed E-state index contributed by atoms with van der Waals surface area (Å²) in [7, 11) is 0. The minimum absolute atomic E-state index is 0.354. The third-order valence-corrected chi connectivity index (χ3v) is 1.30. The molecule has 4 nitrogen and oxygen atoms in total. The molecule has 0 aromatic rings. The molecule has 0 saturated carbocycles. The van der Waals surface area contributed by atoms with Gasteiger partial charge < -0.3 is 0 Å². The maximum absolute atomic E-state index is 10.6. The van der Waals surface area contributed by atoms with Gasteiger partial charge in [0.15, 0.2) is 0 Å². The molecule has 1 amide bonds. The summed E-state index contributed by atoms with van der Waals surface area (Å²) < 4.78 is 0. The molecule has 0 atom stereocenters. The molecule has 4 heteroatoms. The van der Waals surface area contributed by atoms with Gasteiger partial charge in [-0.3, -0.25) is 14.6 Å². The number of ketones is 1. The summed E-state index contributed by atoms with van der Waals surface area (Å²) in [6.07, 6.45) is 1.05. The van der Waals surface area contributed by atoms with Crippen molar-refractivity contribution in [3.05, 3.63) is 0 Å². The highest BCUT2D eigenvalue weighted by Crippen LogP contribution is 2.01. The van der Waals surface area contributed by atoms with E-state index >= 15 is 0 Å². The van der Waals surface area contributed by atoms with Gasteiger partial charge in [0.1, 0.15) is 0 Å². The van der Waals surface area contributed by atoms with Crippen LogP contribution in [0.5, 0.6) is 0 Å². The van der Waals surface area contributed by atoms with E-state index in [1.165, 1.54) is 0 Å². The lowest BCUT2D eigenvalue weighted by Crippen LogP contribution is -2.45. The second kappa shape index (κ2) is 2.14. The normalized spacial score (nSPS) is 20.8. The highest BCUT2D eigenvalue weighted by molar-refractivity contribution is 6.36. The predicted octanol–water partition coefficient (Wildman–Crippen LogP) is -0.948. The van der Waals surface area contributed by atoms with Crippen LogP contribution in [0.25, 0.3) is 0 Å². The van der Waals surface area contributed by atoms with Crippen LogP contribution in [0, 0.1) is 0 Å². The van der Waals surface area contributed by atoms with Crippen molar-refractivity contribution < 1.29 is 9.59 Å². The molecule has 1 heterocycles. The second-order valence-corrected chi connectivity index (χ2v) is 2.03. The van der Waals surface area contributed by atoms with Crippen LogP contribution in [0.3, 0.4) is 0 Å². The monoisotopic (exact) mass is 128 g/mol. The zero-order valence-electron chi connectivity index (χ0n) is 4.96. The Kier molecular flexibility index (Phi) is 1.48. The van der Waals surface area contributed by atoms with Crippen LogP contribution < -0.4 is 5.84 Å². The van der Waals surface area contributed by atoms with E-state index < -0.39 is 5.91 Å². The van der Waals surface area contributed by atoms with E-state index in [4.69, 9.17) is 5.84 Å². The molecule has 2 N–H and O–H groups in total. The number of carbonyl (C=O) groups is 2. The molecule has 1 fully saturated rings. The van der Waals surface area contributed by atoms with Crippen molar-refractivity contribution in [1.29, 1.82) is 0 Å². The molecule has 0 aliphatic carbocycles. The van der Waals surface area contributed by atoms with Gasteiger partial charge in [-0.05, 0) is 6.42 Å². The molecule has 0 aromatic carbocycles. The Balaban J connectivity index is 2.62. The molecule has 0 unspecified atom stereocenters. The third kappa shape index (κ3) is 1.08. The summed E-state index contributed by atoms with van der Waals surface area (Å²) in [5.41, 5.74) is 0. The van der Waals surface area contributed by atoms with Crippen LogP contribution in [0.1, 0.15) is 12.8 Å². The Hall–Kier alpha value is -0.900. The van der Waals surface area contributed by atoms with Gasteiger partial charge in [-0.1, -0.05) is 0 Å². The summed E-state index contributed by atoms with van der Waals surface area (Å²) in [5.74, 6) is 4.21. The molecule has 1 rings (SSSR count). The molecule has 0 aromatic heterocycles. The van der Waals surface area contributed by atoms with Crippen LogP contribution in [0.15, 0.2) is 0 Å². The average Bonchev–Trinajstić information content (AvgIpc) is 1.83. The van der Waals surface area contributed by atoms with Gasteiger partial charge in [-0.25, -0.2) is 5.84 Å². The number of rotatable bonds is 0.